The van der Waals surface area contributed by atoms with Gasteiger partial charge in [0.15, 0.2) is 17.8 Å². The third kappa shape index (κ3) is 3.49. The second kappa shape index (κ2) is 7.71. The lowest BCUT2D eigenvalue weighted by Gasteiger charge is -2.07. The minimum atomic E-state index is 0.104. The number of ether oxygens (including phenoxy) is 1. The van der Waals surface area contributed by atoms with Crippen LogP contribution in [0.15, 0.2) is 53.6 Å². The van der Waals surface area contributed by atoms with Crippen LogP contribution in [0.4, 0.5) is 0 Å². The highest BCUT2D eigenvalue weighted by molar-refractivity contribution is 7.98. The molecule has 1 heterocycles. The molecule has 23 heavy (non-hydrogen) atoms. The Labute approximate surface area is 138 Å². The number of aromatic hydroxyl groups is 1. The summed E-state index contributed by atoms with van der Waals surface area (Å²) in [6.45, 7) is 0. The smallest absolute Gasteiger partial charge is 0.161 e. The molecule has 5 nitrogen and oxygen atoms in total. The summed E-state index contributed by atoms with van der Waals surface area (Å²) in [5, 5.41) is 17.5. The van der Waals surface area contributed by atoms with Crippen LogP contribution in [0.2, 0.25) is 0 Å². The van der Waals surface area contributed by atoms with E-state index in [0.717, 1.165) is 29.2 Å². The van der Waals surface area contributed by atoms with Gasteiger partial charge in [-0.25, -0.2) is 0 Å². The Bertz CT molecular complexity index is 813. The van der Waals surface area contributed by atoms with Crippen LogP contribution >= 0.6 is 11.9 Å². The SMILES string of the molecule is CO.COc1cc(Sn2cc(C=O)c3ccccc32)ccc1O. The van der Waals surface area contributed by atoms with Crippen LogP contribution in [-0.2, 0) is 0 Å². The number of aliphatic hydroxyl groups excluding tert-OH is 1. The minimum absolute atomic E-state index is 0.104. The van der Waals surface area contributed by atoms with Crippen molar-refractivity contribution in [3.8, 4) is 11.5 Å². The largest absolute Gasteiger partial charge is 0.504 e. The molecule has 2 N–H and O–H groups in total. The van der Waals surface area contributed by atoms with Crippen molar-refractivity contribution in [3.05, 3.63) is 54.2 Å². The fourth-order valence-corrected chi connectivity index (χ4v) is 3.11. The van der Waals surface area contributed by atoms with Gasteiger partial charge in [-0.3, -0.25) is 8.77 Å². The summed E-state index contributed by atoms with van der Waals surface area (Å²) in [5.41, 5.74) is 1.63. The van der Waals surface area contributed by atoms with Crippen molar-refractivity contribution in [2.24, 2.45) is 0 Å². The number of aliphatic hydroxyl groups is 1. The van der Waals surface area contributed by atoms with Crippen LogP contribution in [0, 0.1) is 0 Å². The standard InChI is InChI=1S/C16H13NO3S.CH4O/c1-20-16-8-12(6-7-15(16)19)21-17-9-11(10-18)13-4-2-3-5-14(13)17;1-2/h2-10,19H,1H3;2H,1H3. The molecule has 120 valence electrons. The van der Waals surface area contributed by atoms with E-state index in [1.807, 2.05) is 34.4 Å². The van der Waals surface area contributed by atoms with Crippen LogP contribution in [-0.4, -0.2) is 34.7 Å². The molecule has 0 bridgehead atoms. The van der Waals surface area contributed by atoms with Gasteiger partial charge in [0.25, 0.3) is 0 Å². The number of aldehydes is 1. The summed E-state index contributed by atoms with van der Waals surface area (Å²) >= 11 is 1.46. The van der Waals surface area contributed by atoms with E-state index in [0.29, 0.717) is 11.3 Å². The lowest BCUT2D eigenvalue weighted by atomic mass is 10.2. The van der Waals surface area contributed by atoms with Gasteiger partial charge in [0.1, 0.15) is 0 Å². The first kappa shape index (κ1) is 16.9. The topological polar surface area (TPSA) is 71.7 Å². The minimum Gasteiger partial charge on any atom is -0.504 e. The maximum Gasteiger partial charge on any atom is 0.161 e. The van der Waals surface area contributed by atoms with E-state index in [4.69, 9.17) is 9.84 Å². The first-order valence-electron chi connectivity index (χ1n) is 6.78. The molecule has 0 aliphatic rings. The van der Waals surface area contributed by atoms with E-state index in [2.05, 4.69) is 0 Å². The number of carbonyl (C=O) groups excluding carboxylic acids is 1. The van der Waals surface area contributed by atoms with Gasteiger partial charge >= 0.3 is 0 Å². The highest BCUT2D eigenvalue weighted by Crippen LogP contribution is 2.34. The first-order valence-corrected chi connectivity index (χ1v) is 7.55. The van der Waals surface area contributed by atoms with Crippen molar-refractivity contribution in [1.29, 1.82) is 0 Å². The highest BCUT2D eigenvalue weighted by Gasteiger charge is 2.10. The fraction of sp³-hybridized carbons (Fsp3) is 0.118. The molecule has 3 rings (SSSR count). The van der Waals surface area contributed by atoms with Crippen LogP contribution in [0.25, 0.3) is 10.9 Å². The van der Waals surface area contributed by atoms with Crippen LogP contribution in [0.5, 0.6) is 11.5 Å². The molecule has 0 saturated carbocycles. The molecule has 0 unspecified atom stereocenters. The lowest BCUT2D eigenvalue weighted by molar-refractivity contribution is 0.112. The summed E-state index contributed by atoms with van der Waals surface area (Å²) in [6.07, 6.45) is 2.67. The summed E-state index contributed by atoms with van der Waals surface area (Å²) in [5.74, 6) is 0.528. The van der Waals surface area contributed by atoms with Crippen molar-refractivity contribution in [2.45, 2.75) is 4.90 Å². The number of aromatic nitrogens is 1. The maximum absolute atomic E-state index is 11.2. The van der Waals surface area contributed by atoms with E-state index in [1.165, 1.54) is 19.1 Å². The Morgan fingerprint density at radius 3 is 2.61 bits per heavy atom. The summed E-state index contributed by atoms with van der Waals surface area (Å²) in [6, 6.07) is 12.9. The Morgan fingerprint density at radius 2 is 1.91 bits per heavy atom. The van der Waals surface area contributed by atoms with E-state index in [9.17, 15) is 9.90 Å². The molecule has 0 spiro atoms. The number of fused-ring (bicyclic) bond motifs is 1. The van der Waals surface area contributed by atoms with Gasteiger partial charge in [-0.05, 0) is 36.2 Å². The molecule has 0 radical (unpaired) electrons. The van der Waals surface area contributed by atoms with Gasteiger partial charge in [0.2, 0.25) is 0 Å². The zero-order valence-corrected chi connectivity index (χ0v) is 13.6. The number of carbonyl (C=O) groups is 1. The molecular formula is C17H17NO4S. The normalized spacial score (nSPS) is 10.0. The second-order valence-corrected chi connectivity index (χ2v) is 5.52. The molecule has 1 aromatic heterocycles. The Balaban J connectivity index is 0.000000924. The monoisotopic (exact) mass is 331 g/mol. The van der Waals surface area contributed by atoms with Crippen molar-refractivity contribution < 1.29 is 19.7 Å². The molecule has 0 saturated heterocycles. The van der Waals surface area contributed by atoms with Crippen molar-refractivity contribution in [3.63, 3.8) is 0 Å². The number of nitrogens with zero attached hydrogens (tertiary/aromatic N) is 1. The number of para-hydroxylation sites is 1. The Kier molecular flexibility index (Phi) is 5.67. The number of rotatable bonds is 4. The third-order valence-corrected chi connectivity index (χ3v) is 4.15. The molecule has 0 aliphatic heterocycles. The highest BCUT2D eigenvalue weighted by atomic mass is 32.2. The van der Waals surface area contributed by atoms with Gasteiger partial charge in [0, 0.05) is 29.2 Å². The Hall–Kier alpha value is -2.44. The number of hydrogen-bond donors (Lipinski definition) is 2. The maximum atomic E-state index is 11.2. The van der Waals surface area contributed by atoms with Crippen LogP contribution in [0.3, 0.4) is 0 Å². The average Bonchev–Trinajstić information content (AvgIpc) is 2.96. The van der Waals surface area contributed by atoms with Gasteiger partial charge in [-0.1, -0.05) is 18.2 Å². The molecule has 0 atom stereocenters. The van der Waals surface area contributed by atoms with Gasteiger partial charge in [0.05, 0.1) is 12.6 Å². The van der Waals surface area contributed by atoms with E-state index < -0.39 is 0 Å². The molecule has 3 aromatic rings. The number of phenols is 1. The molecule has 2 aromatic carbocycles. The van der Waals surface area contributed by atoms with E-state index in [1.54, 1.807) is 18.2 Å². The molecule has 0 fully saturated rings. The van der Waals surface area contributed by atoms with E-state index >= 15 is 0 Å². The molecular weight excluding hydrogens is 314 g/mol. The number of phenolic OH excluding ortho intramolecular Hbond substituents is 1. The summed E-state index contributed by atoms with van der Waals surface area (Å²) < 4.78 is 7.04. The van der Waals surface area contributed by atoms with Gasteiger partial charge < -0.3 is 14.9 Å². The van der Waals surface area contributed by atoms with E-state index in [-0.39, 0.29) is 5.75 Å². The molecule has 0 amide bonds. The zero-order valence-electron chi connectivity index (χ0n) is 12.8. The first-order chi connectivity index (χ1) is 11.2. The zero-order chi connectivity index (χ0) is 16.8. The summed E-state index contributed by atoms with van der Waals surface area (Å²) in [7, 11) is 2.51. The number of methoxy groups -OCH3 is 1. The Morgan fingerprint density at radius 1 is 1.17 bits per heavy atom. The molecule has 6 heteroatoms. The lowest BCUT2D eigenvalue weighted by Crippen LogP contribution is -1.87. The molecule has 0 aliphatic carbocycles. The number of benzene rings is 2. The van der Waals surface area contributed by atoms with Crippen molar-refractivity contribution in [2.75, 3.05) is 14.2 Å². The second-order valence-electron chi connectivity index (χ2n) is 4.47. The van der Waals surface area contributed by atoms with Gasteiger partial charge in [-0.2, -0.15) is 0 Å². The quantitative estimate of drug-likeness (QED) is 0.718. The van der Waals surface area contributed by atoms with Gasteiger partial charge in [-0.15, -0.1) is 0 Å². The average molecular weight is 331 g/mol. The third-order valence-electron chi connectivity index (χ3n) is 3.19. The van der Waals surface area contributed by atoms with Crippen LogP contribution in [0.1, 0.15) is 10.4 Å². The predicted octanol–water partition coefficient (Wildman–Crippen LogP) is 3.33. The van der Waals surface area contributed by atoms with Crippen LogP contribution < -0.4 is 4.74 Å². The van der Waals surface area contributed by atoms with Crippen molar-refractivity contribution in [1.82, 2.24) is 3.97 Å². The number of hydrogen-bond acceptors (Lipinski definition) is 5. The van der Waals surface area contributed by atoms with Crippen molar-refractivity contribution >= 4 is 29.1 Å². The fourth-order valence-electron chi connectivity index (χ4n) is 2.17. The summed E-state index contributed by atoms with van der Waals surface area (Å²) in [4.78, 5) is 12.1. The predicted molar refractivity (Wildman–Crippen MR) is 91.4 cm³/mol.